The second-order valence-electron chi connectivity index (χ2n) is 5.21. The number of carbonyl (C=O) groups is 3. The van der Waals surface area contributed by atoms with Crippen LogP contribution in [0.4, 0.5) is 0 Å². The molecule has 0 amide bonds. The Morgan fingerprint density at radius 3 is 0.931 bits per heavy atom. The number of carboxylic acid groups (broad SMARTS) is 2. The van der Waals surface area contributed by atoms with Gasteiger partial charge in [0, 0.05) is 11.1 Å². The first-order valence-electron chi connectivity index (χ1n) is 7.17. The van der Waals surface area contributed by atoms with E-state index >= 15 is 0 Å². The third-order valence-corrected chi connectivity index (χ3v) is 2.61. The summed E-state index contributed by atoms with van der Waals surface area (Å²) < 4.78 is 0. The minimum atomic E-state index is -1.54. The molecule has 0 aliphatic heterocycles. The Bertz CT molecular complexity index is 775. The fourth-order valence-electron chi connectivity index (χ4n) is 1.44. The van der Waals surface area contributed by atoms with Gasteiger partial charge in [-0.05, 0) is 38.1 Å². The minimum Gasteiger partial charge on any atom is -0.545 e. The third-order valence-electron chi connectivity index (χ3n) is 2.61. The van der Waals surface area contributed by atoms with E-state index in [1.54, 1.807) is 0 Å². The second-order valence-corrected chi connectivity index (χ2v) is 5.21. The van der Waals surface area contributed by atoms with Crippen LogP contribution in [0.1, 0.15) is 34.6 Å². The fourth-order valence-corrected chi connectivity index (χ4v) is 1.44. The number of Topliss-reactive ketones (excluding diaryl/α,β-unsaturated/α-hetero) is 1. The average Bonchev–Trinajstić information content (AvgIpc) is 2.56. The summed E-state index contributed by atoms with van der Waals surface area (Å²) in [5, 5.41) is 73.3. The molecule has 0 saturated carbocycles. The van der Waals surface area contributed by atoms with Gasteiger partial charge in [-0.1, -0.05) is 0 Å². The third kappa shape index (κ3) is 9.22. The molecule has 2 aromatic rings. The van der Waals surface area contributed by atoms with Crippen molar-refractivity contribution in [2.75, 3.05) is 0 Å². The molecule has 0 saturated heterocycles. The van der Waals surface area contributed by atoms with E-state index in [1.807, 2.05) is 0 Å². The molecule has 6 N–H and O–H groups in total. The van der Waals surface area contributed by atoms with E-state index in [0.29, 0.717) is 0 Å². The number of ketones is 1. The van der Waals surface area contributed by atoms with Crippen LogP contribution in [-0.2, 0) is 21.9 Å². The first-order valence-corrected chi connectivity index (χ1v) is 7.17. The molecule has 2 rings (SSSR count). The van der Waals surface area contributed by atoms with E-state index in [2.05, 4.69) is 0 Å². The Balaban J connectivity index is 0. The maximum absolute atomic E-state index is 10.2. The zero-order chi connectivity index (χ0) is 22.2. The topological polar surface area (TPSA) is 219 Å². The Kier molecular flexibility index (Phi) is 11.4. The molecule has 0 aliphatic rings. The number of hydrogen-bond donors (Lipinski definition) is 6. The molecule has 161 valence electrons. The fraction of sp³-hybridized carbons (Fsp3) is 0.118. The molecule has 0 aliphatic carbocycles. The quantitative estimate of drug-likeness (QED) is 0.234. The van der Waals surface area contributed by atoms with Gasteiger partial charge in [0.25, 0.3) is 0 Å². The SMILES string of the molecule is CC(C)=O.O=C([O-])c1cc(O)c(O)c(O)c1.O=C([O-])c1cc(O)c(O)c(O)c1.[Cu+2]. The number of carboxylic acids is 2. The van der Waals surface area contributed by atoms with Gasteiger partial charge in [-0.15, -0.1) is 0 Å². The molecule has 12 heteroatoms. The summed E-state index contributed by atoms with van der Waals surface area (Å²) in [6.07, 6.45) is 0. The van der Waals surface area contributed by atoms with Gasteiger partial charge in [-0.3, -0.25) is 0 Å². The van der Waals surface area contributed by atoms with Crippen LogP contribution in [-0.4, -0.2) is 48.4 Å². The van der Waals surface area contributed by atoms with Crippen molar-refractivity contribution in [3.05, 3.63) is 35.4 Å². The summed E-state index contributed by atoms with van der Waals surface area (Å²) in [6.45, 7) is 3.06. The van der Waals surface area contributed by atoms with Crippen LogP contribution in [0.15, 0.2) is 24.3 Å². The molecular weight excluding hydrogens is 444 g/mol. The molecule has 0 fully saturated rings. The number of rotatable bonds is 2. The monoisotopic (exact) mass is 459 g/mol. The van der Waals surface area contributed by atoms with Gasteiger partial charge in [0.05, 0.1) is 11.9 Å². The zero-order valence-corrected chi connectivity index (χ0v) is 15.8. The van der Waals surface area contributed by atoms with Crippen LogP contribution in [0.3, 0.4) is 0 Å². The number of aromatic carboxylic acids is 2. The van der Waals surface area contributed by atoms with Crippen LogP contribution in [0.5, 0.6) is 34.5 Å². The second kappa shape index (κ2) is 12.0. The van der Waals surface area contributed by atoms with Gasteiger partial charge in [0.2, 0.25) is 0 Å². The number of phenols is 6. The maximum atomic E-state index is 10.2. The Morgan fingerprint density at radius 2 is 0.793 bits per heavy atom. The van der Waals surface area contributed by atoms with Crippen molar-refractivity contribution in [3.63, 3.8) is 0 Å². The Hall–Kier alpha value is -3.63. The van der Waals surface area contributed by atoms with Crippen molar-refractivity contribution < 1.29 is 72.3 Å². The van der Waals surface area contributed by atoms with Gasteiger partial charge < -0.3 is 55.2 Å². The van der Waals surface area contributed by atoms with E-state index in [-0.39, 0.29) is 22.9 Å². The summed E-state index contributed by atoms with van der Waals surface area (Å²) in [5.74, 6) is -7.21. The van der Waals surface area contributed by atoms with E-state index in [0.717, 1.165) is 24.3 Å². The number of carbonyl (C=O) groups excluding carboxylic acids is 3. The standard InChI is InChI=1S/2C7H6O5.C3H6O.Cu/c2*8-4-1-3(7(11)12)2-5(9)6(4)10;1-3(2)4;/h2*1-2,8-10H,(H,11,12);1-2H3;/q;;;+2/p-2. The van der Waals surface area contributed by atoms with Crippen molar-refractivity contribution in [3.8, 4) is 34.5 Å². The molecule has 1 radical (unpaired) electrons. The van der Waals surface area contributed by atoms with Crippen molar-refractivity contribution in [1.82, 2.24) is 0 Å². The Labute approximate surface area is 174 Å². The number of hydrogen-bond acceptors (Lipinski definition) is 11. The summed E-state index contributed by atoms with van der Waals surface area (Å²) in [4.78, 5) is 29.8. The van der Waals surface area contributed by atoms with Crippen molar-refractivity contribution >= 4 is 17.7 Å². The van der Waals surface area contributed by atoms with Crippen LogP contribution in [0, 0.1) is 0 Å². The van der Waals surface area contributed by atoms with E-state index in [9.17, 15) is 24.6 Å². The molecule has 0 atom stereocenters. The first kappa shape index (κ1) is 27.6. The largest absolute Gasteiger partial charge is 2.00 e. The predicted molar refractivity (Wildman–Crippen MR) is 87.9 cm³/mol. The average molecular weight is 460 g/mol. The first-order chi connectivity index (χ1) is 12.8. The van der Waals surface area contributed by atoms with E-state index < -0.39 is 57.6 Å². The van der Waals surface area contributed by atoms with Crippen molar-refractivity contribution in [1.29, 1.82) is 0 Å². The van der Waals surface area contributed by atoms with Gasteiger partial charge >= 0.3 is 17.1 Å². The molecule has 0 bridgehead atoms. The van der Waals surface area contributed by atoms with Crippen molar-refractivity contribution in [2.45, 2.75) is 13.8 Å². The van der Waals surface area contributed by atoms with E-state index in [1.165, 1.54) is 13.8 Å². The van der Waals surface area contributed by atoms with E-state index in [4.69, 9.17) is 30.6 Å². The van der Waals surface area contributed by atoms with Crippen molar-refractivity contribution in [2.24, 2.45) is 0 Å². The molecule has 11 nitrogen and oxygen atoms in total. The van der Waals surface area contributed by atoms with Crippen LogP contribution in [0.2, 0.25) is 0 Å². The smallest absolute Gasteiger partial charge is 0.545 e. The van der Waals surface area contributed by atoms with Gasteiger partial charge in [-0.2, -0.15) is 0 Å². The van der Waals surface area contributed by atoms with Crippen LogP contribution in [0.25, 0.3) is 0 Å². The van der Waals surface area contributed by atoms with Crippen LogP contribution < -0.4 is 10.2 Å². The zero-order valence-electron chi connectivity index (χ0n) is 14.8. The predicted octanol–water partition coefficient (Wildman–Crippen LogP) is -1.07. The summed E-state index contributed by atoms with van der Waals surface area (Å²) in [6, 6.07) is 3.13. The molecule has 0 spiro atoms. The summed E-state index contributed by atoms with van der Waals surface area (Å²) in [5.41, 5.74) is -0.800. The van der Waals surface area contributed by atoms with Crippen LogP contribution >= 0.6 is 0 Å². The molecule has 0 unspecified atom stereocenters. The van der Waals surface area contributed by atoms with Gasteiger partial charge in [0.1, 0.15) is 5.78 Å². The number of benzene rings is 2. The molecule has 29 heavy (non-hydrogen) atoms. The minimum absolute atomic E-state index is 0. The number of phenolic OH excluding ortho intramolecular Hbond substituents is 6. The normalized spacial score (nSPS) is 8.90. The Morgan fingerprint density at radius 1 is 0.621 bits per heavy atom. The molecule has 0 heterocycles. The summed E-state index contributed by atoms with van der Waals surface area (Å²) >= 11 is 0. The van der Waals surface area contributed by atoms with Gasteiger partial charge in [-0.25, -0.2) is 0 Å². The molecule has 2 aromatic carbocycles. The molecular formula is C17H16CuO11. The summed E-state index contributed by atoms with van der Waals surface area (Å²) in [7, 11) is 0. The van der Waals surface area contributed by atoms with Gasteiger partial charge in [0.15, 0.2) is 34.5 Å². The maximum Gasteiger partial charge on any atom is 2.00 e. The molecule has 0 aromatic heterocycles. The number of aromatic hydroxyl groups is 6.